The highest BCUT2D eigenvalue weighted by Gasteiger charge is 2.84. The zero-order valence-electron chi connectivity index (χ0n) is 33.2. The number of halogens is 3. The van der Waals surface area contributed by atoms with E-state index in [0.29, 0.717) is 60.0 Å². The molecule has 7 fully saturated rings. The monoisotopic (exact) mass is 834 g/mol. The highest BCUT2D eigenvalue weighted by molar-refractivity contribution is 6.76. The van der Waals surface area contributed by atoms with Crippen molar-refractivity contribution in [2.45, 2.75) is 153 Å². The number of alkyl halides is 3. The van der Waals surface area contributed by atoms with Crippen LogP contribution in [0.2, 0.25) is 0 Å². The van der Waals surface area contributed by atoms with Crippen molar-refractivity contribution < 1.29 is 38.7 Å². The number of ether oxygens (including phenoxy) is 4. The van der Waals surface area contributed by atoms with E-state index >= 15 is 0 Å². The molecule has 0 aromatic carbocycles. The summed E-state index contributed by atoms with van der Waals surface area (Å²) >= 11 is 16.7. The molecule has 7 aliphatic rings. The molecule has 7 rings (SSSR count). The minimum absolute atomic E-state index is 0. The number of rotatable bonds is 9. The summed E-state index contributed by atoms with van der Waals surface area (Å²) in [5, 5.41) is 24.5. The van der Waals surface area contributed by atoms with Gasteiger partial charge in [-0.2, -0.15) is 0 Å². The number of aliphatic hydroxyl groups is 2. The summed E-state index contributed by atoms with van der Waals surface area (Å²) in [7, 11) is 0. The minimum Gasteiger partial charge on any atom is -0.443 e. The van der Waals surface area contributed by atoms with Crippen LogP contribution in [0.5, 0.6) is 0 Å². The second kappa shape index (κ2) is 16.4. The summed E-state index contributed by atoms with van der Waals surface area (Å²) in [6, 6.07) is 0.497. The van der Waals surface area contributed by atoms with Gasteiger partial charge in [-0.05, 0) is 129 Å². The molecule has 0 bridgehead atoms. The van der Waals surface area contributed by atoms with Crippen LogP contribution in [-0.2, 0) is 23.7 Å². The van der Waals surface area contributed by atoms with Gasteiger partial charge in [-0.25, -0.2) is 4.79 Å². The third-order valence-corrected chi connectivity index (χ3v) is 16.7. The average molecular weight is 836 g/mol. The molecule has 2 aliphatic heterocycles. The summed E-state index contributed by atoms with van der Waals surface area (Å²) in [5.41, 5.74) is -0.621. The second-order valence-corrected chi connectivity index (χ2v) is 21.2. The Hall–Kier alpha value is -0.690. The number of nitrogens with zero attached hydrogens (tertiary/aromatic N) is 1. The normalized spacial score (nSPS) is 41.3. The number of hydrogen-bond donors (Lipinski definition) is 3. The summed E-state index contributed by atoms with van der Waals surface area (Å²) < 4.78 is 21.7. The van der Waals surface area contributed by atoms with E-state index in [0.717, 1.165) is 52.0 Å². The van der Waals surface area contributed by atoms with Crippen LogP contribution in [0.1, 0.15) is 113 Å². The summed E-state index contributed by atoms with van der Waals surface area (Å²) in [5.74, 6) is 1.36. The smallest absolute Gasteiger partial charge is 0.414 e. The first kappa shape index (κ1) is 45.4. The maximum absolute atomic E-state index is 12.5. The van der Waals surface area contributed by atoms with Crippen LogP contribution in [0.3, 0.4) is 0 Å². The molecule has 2 saturated heterocycles. The average Bonchev–Trinajstić information content (AvgIpc) is 3.48. The molecular weight excluding hydrogens is 767 g/mol. The predicted molar refractivity (Wildman–Crippen MR) is 216 cm³/mol. The fourth-order valence-electron chi connectivity index (χ4n) is 13.6. The molecule has 2 heterocycles. The van der Waals surface area contributed by atoms with E-state index in [-0.39, 0.29) is 42.7 Å². The van der Waals surface area contributed by atoms with E-state index in [2.05, 4.69) is 45.8 Å². The highest BCUT2D eigenvalue weighted by atomic mass is 35.6. The summed E-state index contributed by atoms with van der Waals surface area (Å²) in [6.07, 6.45) is 7.29. The molecule has 316 valence electrons. The quantitative estimate of drug-likeness (QED) is 0.156. The number of carbonyl (C=O) groups is 2. The van der Waals surface area contributed by atoms with Gasteiger partial charge in [-0.15, -0.1) is 13.2 Å². The maximum Gasteiger partial charge on any atom is 0.414 e. The Kier molecular flexibility index (Phi) is 13.5. The minimum atomic E-state index is -2.31. The second-order valence-electron chi connectivity index (χ2n) is 19.0. The van der Waals surface area contributed by atoms with Crippen LogP contribution < -0.4 is 5.32 Å². The fraction of sp³-hybridized carbons (Fsp3) is 0.905. The van der Waals surface area contributed by atoms with E-state index in [1.54, 1.807) is 13.8 Å². The Bertz CT molecular complexity index is 1390. The highest BCUT2D eigenvalue weighted by Crippen LogP contribution is 2.89. The van der Waals surface area contributed by atoms with Gasteiger partial charge in [0, 0.05) is 6.54 Å². The van der Waals surface area contributed by atoms with E-state index < -0.39 is 27.5 Å². The topological polar surface area (TPSA) is 127 Å². The van der Waals surface area contributed by atoms with Gasteiger partial charge in [0.15, 0.2) is 6.29 Å². The van der Waals surface area contributed by atoms with Gasteiger partial charge in [0.1, 0.15) is 6.10 Å². The molecule has 0 aromatic rings. The van der Waals surface area contributed by atoms with Gasteiger partial charge in [0.25, 0.3) is 9.70 Å². The van der Waals surface area contributed by atoms with Crippen LogP contribution in [0.25, 0.3) is 0 Å². The van der Waals surface area contributed by atoms with Gasteiger partial charge in [0.05, 0.1) is 50.2 Å². The van der Waals surface area contributed by atoms with Crippen LogP contribution in [0, 0.1) is 51.2 Å². The standard InChI is InChI=1S/C39H61Cl3N2O8.C2H4.CH4/c1-22-37-15-14-36(6)25(8-7-9-30(35(4,5)48)52-33(47)43-32(46)39(40,41)42)27(45)18-26(36)24(37)10-11-28-34(2,3)29(12-13-38(22,28)37)51-31-19-44(16-17-50-31)23-20-49-21-23;1-2;/h22-31,45,48H,7-21H2,1-6H3,(H,43,46,47);1-2H2;1H4/t22-,24-,25?,26?,27+,28?,29-,30-,31?,36+,37-,38?;;/m0../s1. The third kappa shape index (κ3) is 7.78. The Labute approximate surface area is 345 Å². The van der Waals surface area contributed by atoms with Crippen molar-refractivity contribution in [2.75, 3.05) is 32.9 Å². The van der Waals surface area contributed by atoms with Crippen molar-refractivity contribution in [3.8, 4) is 0 Å². The first-order valence-corrected chi connectivity index (χ1v) is 21.5. The van der Waals surface area contributed by atoms with Crippen molar-refractivity contribution in [2.24, 2.45) is 51.2 Å². The molecule has 10 nitrogen and oxygen atoms in total. The molecule has 5 unspecified atom stereocenters. The van der Waals surface area contributed by atoms with Crippen molar-refractivity contribution >= 4 is 46.8 Å². The zero-order chi connectivity index (χ0) is 39.6. The van der Waals surface area contributed by atoms with Gasteiger partial charge >= 0.3 is 6.09 Å². The lowest BCUT2D eigenvalue weighted by atomic mass is 9.46. The Morgan fingerprint density at radius 2 is 1.73 bits per heavy atom. The lowest BCUT2D eigenvalue weighted by molar-refractivity contribution is -0.253. The molecule has 0 aromatic heterocycles. The maximum atomic E-state index is 12.5. The largest absolute Gasteiger partial charge is 0.443 e. The van der Waals surface area contributed by atoms with Gasteiger partial charge in [-0.3, -0.25) is 15.0 Å². The Morgan fingerprint density at radius 1 is 1.04 bits per heavy atom. The van der Waals surface area contributed by atoms with E-state index in [1.165, 1.54) is 25.7 Å². The first-order chi connectivity index (χ1) is 25.3. The Balaban J connectivity index is 0.00000190. The van der Waals surface area contributed by atoms with Crippen molar-refractivity contribution in [1.29, 1.82) is 0 Å². The van der Waals surface area contributed by atoms with Crippen LogP contribution in [-0.4, -0.2) is 100 Å². The first-order valence-electron chi connectivity index (χ1n) is 20.3. The Morgan fingerprint density at radius 3 is 2.35 bits per heavy atom. The number of hydrogen-bond acceptors (Lipinski definition) is 9. The third-order valence-electron chi connectivity index (χ3n) is 16.2. The number of nitrogens with one attached hydrogen (secondary N) is 1. The van der Waals surface area contributed by atoms with Crippen molar-refractivity contribution in [3.05, 3.63) is 13.2 Å². The molecule has 3 N–H and O–H groups in total. The molecule has 2 spiro atoms. The molecule has 2 amide bonds. The predicted octanol–water partition coefficient (Wildman–Crippen LogP) is 8.07. The van der Waals surface area contributed by atoms with Crippen LogP contribution in [0.15, 0.2) is 13.2 Å². The number of carbonyl (C=O) groups excluding carboxylic acids is 2. The number of aliphatic hydroxyl groups excluding tert-OH is 1. The van der Waals surface area contributed by atoms with E-state index in [9.17, 15) is 19.8 Å². The van der Waals surface area contributed by atoms with Crippen LogP contribution in [0.4, 0.5) is 4.79 Å². The molecule has 5 aliphatic carbocycles. The molecule has 12 atom stereocenters. The SMILES string of the molecule is C.C=C.C[C@@H]1C23CC[C@H](OC4CN(C5COC5)CCO4)C(C)(C)C2CC[C@H]2C4C[C@@H](O)C(CCC[C@H](OC(=O)NC(=O)C(Cl)(Cl)Cl)C(C)(C)O)[C@@]4(C)CC[C@]123. The summed E-state index contributed by atoms with van der Waals surface area (Å²) in [4.78, 5) is 26.9. The number of imide groups is 1. The van der Waals surface area contributed by atoms with E-state index in [1.807, 2.05) is 5.32 Å². The molecule has 55 heavy (non-hydrogen) atoms. The van der Waals surface area contributed by atoms with Gasteiger partial charge in [0.2, 0.25) is 0 Å². The number of morpholine rings is 1. The van der Waals surface area contributed by atoms with Crippen molar-refractivity contribution in [3.63, 3.8) is 0 Å². The number of alkyl carbamates (subject to hydrolysis) is 1. The molecule has 0 radical (unpaired) electrons. The number of amides is 2. The van der Waals surface area contributed by atoms with E-state index in [4.69, 9.17) is 53.8 Å². The lowest BCUT2D eigenvalue weighted by Gasteiger charge is -2.59. The molecule has 5 saturated carbocycles. The van der Waals surface area contributed by atoms with Crippen LogP contribution >= 0.6 is 34.8 Å². The summed E-state index contributed by atoms with van der Waals surface area (Å²) in [6.45, 7) is 23.2. The zero-order valence-corrected chi connectivity index (χ0v) is 35.5. The van der Waals surface area contributed by atoms with Crippen molar-refractivity contribution in [1.82, 2.24) is 10.2 Å². The molecule has 13 heteroatoms. The number of fused-ring (bicyclic) bond motifs is 2. The van der Waals surface area contributed by atoms with Gasteiger partial charge in [-0.1, -0.05) is 69.9 Å². The lowest BCUT2D eigenvalue weighted by Crippen LogP contribution is -2.58. The fourth-order valence-corrected chi connectivity index (χ4v) is 13.7. The molecular formula is C42H69Cl3N2O8. The van der Waals surface area contributed by atoms with Gasteiger partial charge < -0.3 is 29.2 Å².